The SMILES string of the molecule is SC1C[C@@H]2CCC[C@H]12. The Labute approximate surface area is 56.1 Å². The molecule has 1 heteroatoms. The Morgan fingerprint density at radius 2 is 2.12 bits per heavy atom. The molecule has 0 spiro atoms. The van der Waals surface area contributed by atoms with Gasteiger partial charge in [-0.25, -0.2) is 0 Å². The molecule has 0 aliphatic heterocycles. The molecule has 46 valence electrons. The van der Waals surface area contributed by atoms with E-state index in [-0.39, 0.29) is 0 Å². The van der Waals surface area contributed by atoms with Crippen LogP contribution in [0.5, 0.6) is 0 Å². The minimum Gasteiger partial charge on any atom is -0.176 e. The van der Waals surface area contributed by atoms with Crippen LogP contribution in [-0.2, 0) is 0 Å². The highest BCUT2D eigenvalue weighted by Gasteiger charge is 2.41. The molecule has 1 unspecified atom stereocenters. The Hall–Kier alpha value is 0.350. The van der Waals surface area contributed by atoms with E-state index < -0.39 is 0 Å². The zero-order chi connectivity index (χ0) is 5.56. The highest BCUT2D eigenvalue weighted by Crippen LogP contribution is 2.49. The van der Waals surface area contributed by atoms with Crippen molar-refractivity contribution >= 4 is 12.6 Å². The minimum absolute atomic E-state index is 0.780. The van der Waals surface area contributed by atoms with Gasteiger partial charge in [0.2, 0.25) is 0 Å². The molecule has 0 aromatic heterocycles. The van der Waals surface area contributed by atoms with Crippen LogP contribution in [0.4, 0.5) is 0 Å². The molecule has 3 atom stereocenters. The largest absolute Gasteiger partial charge is 0.176 e. The van der Waals surface area contributed by atoms with Gasteiger partial charge in [-0.3, -0.25) is 0 Å². The molecular weight excluding hydrogens is 116 g/mol. The summed E-state index contributed by atoms with van der Waals surface area (Å²) in [6.07, 6.45) is 5.86. The van der Waals surface area contributed by atoms with Crippen LogP contribution >= 0.6 is 12.6 Å². The molecule has 0 heterocycles. The van der Waals surface area contributed by atoms with E-state index in [2.05, 4.69) is 12.6 Å². The molecule has 0 N–H and O–H groups in total. The number of thiol groups is 1. The van der Waals surface area contributed by atoms with Gasteiger partial charge in [0.05, 0.1) is 0 Å². The summed E-state index contributed by atoms with van der Waals surface area (Å²) in [4.78, 5) is 0. The third-order valence-corrected chi connectivity index (χ3v) is 3.35. The Kier molecular flexibility index (Phi) is 1.07. The van der Waals surface area contributed by atoms with Gasteiger partial charge in [0.1, 0.15) is 0 Å². The van der Waals surface area contributed by atoms with Crippen LogP contribution in [0.15, 0.2) is 0 Å². The zero-order valence-corrected chi connectivity index (χ0v) is 5.90. The van der Waals surface area contributed by atoms with E-state index >= 15 is 0 Å². The Balaban J connectivity index is 2.02. The van der Waals surface area contributed by atoms with Crippen molar-refractivity contribution in [3.8, 4) is 0 Å². The fourth-order valence-corrected chi connectivity index (χ4v) is 2.82. The first-order chi connectivity index (χ1) is 3.88. The average molecular weight is 128 g/mol. The molecule has 0 saturated heterocycles. The number of rotatable bonds is 0. The minimum atomic E-state index is 0.780. The van der Waals surface area contributed by atoms with E-state index in [1.807, 2.05) is 0 Å². The smallest absolute Gasteiger partial charge is 0.00504 e. The van der Waals surface area contributed by atoms with Gasteiger partial charge in [-0.1, -0.05) is 12.8 Å². The normalized spacial score (nSPS) is 52.9. The second-order valence-electron chi connectivity index (χ2n) is 3.16. The lowest BCUT2D eigenvalue weighted by atomic mass is 9.76. The molecule has 2 fully saturated rings. The third kappa shape index (κ3) is 0.540. The second kappa shape index (κ2) is 1.66. The maximum Gasteiger partial charge on any atom is 0.00504 e. The molecule has 0 radical (unpaired) electrons. The standard InChI is InChI=1S/C7H12S/c8-7-4-5-2-1-3-6(5)7/h5-8H,1-4H2/t5-,6-,7?/m0/s1. The molecular formula is C7H12S. The van der Waals surface area contributed by atoms with Crippen LogP contribution < -0.4 is 0 Å². The molecule has 0 aromatic carbocycles. The summed E-state index contributed by atoms with van der Waals surface area (Å²) in [5.74, 6) is 2.12. The first-order valence-electron chi connectivity index (χ1n) is 3.56. The first-order valence-corrected chi connectivity index (χ1v) is 4.07. The molecule has 2 rings (SSSR count). The van der Waals surface area contributed by atoms with Gasteiger partial charge in [-0.05, 0) is 24.7 Å². The van der Waals surface area contributed by atoms with Crippen molar-refractivity contribution in [3.05, 3.63) is 0 Å². The van der Waals surface area contributed by atoms with Crippen molar-refractivity contribution in [2.75, 3.05) is 0 Å². The number of hydrogen-bond acceptors (Lipinski definition) is 1. The quantitative estimate of drug-likeness (QED) is 0.475. The molecule has 8 heavy (non-hydrogen) atoms. The first kappa shape index (κ1) is 5.16. The summed E-state index contributed by atoms with van der Waals surface area (Å²) in [5.41, 5.74) is 0. The van der Waals surface area contributed by atoms with E-state index in [0.29, 0.717) is 0 Å². The Bertz CT molecular complexity index is 101. The van der Waals surface area contributed by atoms with E-state index in [1.54, 1.807) is 0 Å². The van der Waals surface area contributed by atoms with Gasteiger partial charge < -0.3 is 0 Å². The molecule has 0 nitrogen and oxygen atoms in total. The van der Waals surface area contributed by atoms with E-state index in [1.165, 1.54) is 25.7 Å². The fraction of sp³-hybridized carbons (Fsp3) is 1.00. The summed E-state index contributed by atoms with van der Waals surface area (Å²) >= 11 is 4.46. The lowest BCUT2D eigenvalue weighted by Gasteiger charge is -2.37. The summed E-state index contributed by atoms with van der Waals surface area (Å²) in [7, 11) is 0. The van der Waals surface area contributed by atoms with Gasteiger partial charge in [0, 0.05) is 5.25 Å². The summed E-state index contributed by atoms with van der Waals surface area (Å²) in [6.45, 7) is 0. The molecule has 0 bridgehead atoms. The van der Waals surface area contributed by atoms with E-state index in [0.717, 1.165) is 17.1 Å². The molecule has 2 aliphatic rings. The van der Waals surface area contributed by atoms with Gasteiger partial charge in [0.15, 0.2) is 0 Å². The van der Waals surface area contributed by atoms with Crippen LogP contribution in [0.2, 0.25) is 0 Å². The summed E-state index contributed by atoms with van der Waals surface area (Å²) in [6, 6.07) is 0. The lowest BCUT2D eigenvalue weighted by Crippen LogP contribution is -2.32. The van der Waals surface area contributed by atoms with Gasteiger partial charge in [0.25, 0.3) is 0 Å². The topological polar surface area (TPSA) is 0 Å². The van der Waals surface area contributed by atoms with Gasteiger partial charge >= 0.3 is 0 Å². The van der Waals surface area contributed by atoms with Crippen molar-refractivity contribution < 1.29 is 0 Å². The van der Waals surface area contributed by atoms with Gasteiger partial charge in [-0.2, -0.15) is 12.6 Å². The molecule has 0 amide bonds. The van der Waals surface area contributed by atoms with Crippen molar-refractivity contribution in [3.63, 3.8) is 0 Å². The number of hydrogen-bond donors (Lipinski definition) is 1. The van der Waals surface area contributed by atoms with Crippen LogP contribution in [0.1, 0.15) is 25.7 Å². The van der Waals surface area contributed by atoms with Crippen molar-refractivity contribution in [2.45, 2.75) is 30.9 Å². The monoisotopic (exact) mass is 128 g/mol. The fourth-order valence-electron chi connectivity index (χ4n) is 2.15. The summed E-state index contributed by atoms with van der Waals surface area (Å²) < 4.78 is 0. The highest BCUT2D eigenvalue weighted by atomic mass is 32.1. The second-order valence-corrected chi connectivity index (χ2v) is 3.82. The predicted molar refractivity (Wildman–Crippen MR) is 38.2 cm³/mol. The highest BCUT2D eigenvalue weighted by molar-refractivity contribution is 7.81. The zero-order valence-electron chi connectivity index (χ0n) is 5.01. The maximum atomic E-state index is 4.46. The molecule has 0 aromatic rings. The molecule has 2 aliphatic carbocycles. The Morgan fingerprint density at radius 1 is 1.25 bits per heavy atom. The summed E-state index contributed by atoms with van der Waals surface area (Å²) in [5, 5.41) is 0.780. The lowest BCUT2D eigenvalue weighted by molar-refractivity contribution is 0.234. The van der Waals surface area contributed by atoms with E-state index in [4.69, 9.17) is 0 Å². The van der Waals surface area contributed by atoms with Crippen LogP contribution in [0.3, 0.4) is 0 Å². The van der Waals surface area contributed by atoms with Crippen molar-refractivity contribution in [1.82, 2.24) is 0 Å². The molecule has 2 saturated carbocycles. The Morgan fingerprint density at radius 3 is 2.62 bits per heavy atom. The van der Waals surface area contributed by atoms with Gasteiger partial charge in [-0.15, -0.1) is 0 Å². The van der Waals surface area contributed by atoms with Crippen LogP contribution in [0, 0.1) is 11.8 Å². The third-order valence-electron chi connectivity index (χ3n) is 2.76. The number of fused-ring (bicyclic) bond motifs is 1. The van der Waals surface area contributed by atoms with Crippen molar-refractivity contribution in [1.29, 1.82) is 0 Å². The van der Waals surface area contributed by atoms with E-state index in [9.17, 15) is 0 Å². The maximum absolute atomic E-state index is 4.46. The average Bonchev–Trinajstić information content (AvgIpc) is 2.09. The van der Waals surface area contributed by atoms with Crippen LogP contribution in [0.25, 0.3) is 0 Å². The van der Waals surface area contributed by atoms with Crippen molar-refractivity contribution in [2.24, 2.45) is 11.8 Å². The predicted octanol–water partition coefficient (Wildman–Crippen LogP) is 2.10. The van der Waals surface area contributed by atoms with Crippen LogP contribution in [-0.4, -0.2) is 5.25 Å².